The lowest BCUT2D eigenvalue weighted by Crippen LogP contribution is -2.14. The molecule has 3 rings (SSSR count). The first kappa shape index (κ1) is 18.2. The summed E-state index contributed by atoms with van der Waals surface area (Å²) in [6, 6.07) is 16.9. The van der Waals surface area contributed by atoms with E-state index in [2.05, 4.69) is 5.32 Å². The largest absolute Gasteiger partial charge is 0.457 e. The van der Waals surface area contributed by atoms with Gasteiger partial charge in [0.25, 0.3) is 5.91 Å². The Labute approximate surface area is 156 Å². The molecule has 0 atom stereocenters. The van der Waals surface area contributed by atoms with Crippen molar-refractivity contribution in [1.82, 2.24) is 0 Å². The predicted octanol–water partition coefficient (Wildman–Crippen LogP) is 5.25. The molecule has 4 nitrogen and oxygen atoms in total. The second-order valence-electron chi connectivity index (χ2n) is 6.15. The fourth-order valence-electron chi connectivity index (χ4n) is 2.58. The van der Waals surface area contributed by atoms with Gasteiger partial charge in [0.1, 0.15) is 29.0 Å². The van der Waals surface area contributed by atoms with Crippen LogP contribution in [0, 0.1) is 31.0 Å². The zero-order chi connectivity index (χ0) is 19.4. The Morgan fingerprint density at radius 3 is 2.70 bits per heavy atom. The molecule has 1 amide bonds. The smallest absolute Gasteiger partial charge is 0.266 e. The molecule has 1 N–H and O–H groups in total. The molecule has 1 aromatic heterocycles. The zero-order valence-electron chi connectivity index (χ0n) is 14.9. The maximum Gasteiger partial charge on any atom is 0.266 e. The van der Waals surface area contributed by atoms with Gasteiger partial charge in [0.15, 0.2) is 0 Å². The molecular formula is C22H17FN2O2. The highest BCUT2D eigenvalue weighted by molar-refractivity contribution is 6.09. The lowest BCUT2D eigenvalue weighted by atomic mass is 10.1. The summed E-state index contributed by atoms with van der Waals surface area (Å²) < 4.78 is 19.0. The summed E-state index contributed by atoms with van der Waals surface area (Å²) in [6.45, 7) is 3.80. The third-order valence-corrected chi connectivity index (χ3v) is 4.03. The number of anilines is 1. The van der Waals surface area contributed by atoms with Crippen LogP contribution in [-0.4, -0.2) is 5.91 Å². The number of furan rings is 1. The van der Waals surface area contributed by atoms with Crippen LogP contribution in [0.4, 0.5) is 10.1 Å². The number of nitrogens with zero attached hydrogens (tertiary/aromatic N) is 1. The maximum atomic E-state index is 13.3. The van der Waals surface area contributed by atoms with Gasteiger partial charge < -0.3 is 9.73 Å². The van der Waals surface area contributed by atoms with E-state index in [4.69, 9.17) is 4.42 Å². The number of carbonyl (C=O) groups excluding carboxylic acids is 1. The Hall–Kier alpha value is -3.65. The molecule has 2 aromatic carbocycles. The second kappa shape index (κ2) is 7.71. The number of nitrogens with one attached hydrogen (secondary N) is 1. The fourth-order valence-corrected chi connectivity index (χ4v) is 2.58. The van der Waals surface area contributed by atoms with E-state index >= 15 is 0 Å². The number of amides is 1. The van der Waals surface area contributed by atoms with Gasteiger partial charge in [-0.1, -0.05) is 24.3 Å². The molecule has 5 heteroatoms. The lowest BCUT2D eigenvalue weighted by Gasteiger charge is -2.08. The minimum Gasteiger partial charge on any atom is -0.457 e. The molecule has 0 unspecified atom stereocenters. The van der Waals surface area contributed by atoms with Crippen LogP contribution in [0.3, 0.4) is 0 Å². The average molecular weight is 360 g/mol. The first-order chi connectivity index (χ1) is 13.0. The molecule has 0 bridgehead atoms. The summed E-state index contributed by atoms with van der Waals surface area (Å²) in [5.41, 5.74) is 3.05. The predicted molar refractivity (Wildman–Crippen MR) is 102 cm³/mol. The Morgan fingerprint density at radius 1 is 1.15 bits per heavy atom. The van der Waals surface area contributed by atoms with Crippen molar-refractivity contribution >= 4 is 17.7 Å². The van der Waals surface area contributed by atoms with Gasteiger partial charge in [-0.15, -0.1) is 0 Å². The highest BCUT2D eigenvalue weighted by atomic mass is 19.1. The van der Waals surface area contributed by atoms with Crippen molar-refractivity contribution in [2.75, 3.05) is 5.32 Å². The van der Waals surface area contributed by atoms with Crippen LogP contribution < -0.4 is 5.32 Å². The van der Waals surface area contributed by atoms with Crippen LogP contribution in [0.15, 0.2) is 64.6 Å². The second-order valence-corrected chi connectivity index (χ2v) is 6.15. The van der Waals surface area contributed by atoms with Crippen LogP contribution in [0.1, 0.15) is 16.9 Å². The van der Waals surface area contributed by atoms with Gasteiger partial charge in [-0.05, 0) is 55.3 Å². The quantitative estimate of drug-likeness (QED) is 0.510. The third-order valence-electron chi connectivity index (χ3n) is 4.03. The maximum absolute atomic E-state index is 13.3. The van der Waals surface area contributed by atoms with Gasteiger partial charge >= 0.3 is 0 Å². The molecule has 0 fully saturated rings. The summed E-state index contributed by atoms with van der Waals surface area (Å²) in [5.74, 6) is -0.101. The monoisotopic (exact) mass is 360 g/mol. The number of rotatable bonds is 4. The van der Waals surface area contributed by atoms with Crippen molar-refractivity contribution in [3.05, 3.63) is 82.9 Å². The molecule has 3 aromatic rings. The van der Waals surface area contributed by atoms with Gasteiger partial charge in [0, 0.05) is 17.3 Å². The third kappa shape index (κ3) is 4.31. The van der Waals surface area contributed by atoms with Gasteiger partial charge in [-0.3, -0.25) is 4.79 Å². The summed E-state index contributed by atoms with van der Waals surface area (Å²) in [7, 11) is 0. The molecule has 0 saturated carbocycles. The number of benzene rings is 2. The Morgan fingerprint density at radius 2 is 1.96 bits per heavy atom. The van der Waals surface area contributed by atoms with Crippen molar-refractivity contribution < 1.29 is 13.6 Å². The van der Waals surface area contributed by atoms with Crippen LogP contribution in [-0.2, 0) is 4.79 Å². The summed E-state index contributed by atoms with van der Waals surface area (Å²) in [4.78, 5) is 12.4. The van der Waals surface area contributed by atoms with Crippen molar-refractivity contribution in [2.24, 2.45) is 0 Å². The van der Waals surface area contributed by atoms with Crippen molar-refractivity contribution in [3.8, 4) is 17.4 Å². The Kier molecular flexibility index (Phi) is 5.18. The van der Waals surface area contributed by atoms with Gasteiger partial charge in [0.2, 0.25) is 0 Å². The number of aryl methyl sites for hydroxylation is 2. The molecule has 0 aliphatic rings. The van der Waals surface area contributed by atoms with Gasteiger partial charge in [-0.2, -0.15) is 5.26 Å². The molecule has 0 spiro atoms. The number of hydrogen-bond donors (Lipinski definition) is 1. The van der Waals surface area contributed by atoms with Crippen LogP contribution in [0.2, 0.25) is 0 Å². The minimum absolute atomic E-state index is 0.0870. The normalized spacial score (nSPS) is 11.1. The number of nitriles is 1. The van der Waals surface area contributed by atoms with Gasteiger partial charge in [-0.25, -0.2) is 4.39 Å². The first-order valence-electron chi connectivity index (χ1n) is 8.32. The number of halogens is 1. The van der Waals surface area contributed by atoms with E-state index < -0.39 is 5.91 Å². The molecular weight excluding hydrogens is 343 g/mol. The SMILES string of the molecule is Cc1ccc(C)c(NC(=O)C(C#N)=Cc2ccc(-c3cccc(F)c3)o2)c1. The van der Waals surface area contributed by atoms with E-state index in [0.29, 0.717) is 22.8 Å². The molecule has 0 saturated heterocycles. The molecule has 0 radical (unpaired) electrons. The van der Waals surface area contributed by atoms with Crippen LogP contribution in [0.5, 0.6) is 0 Å². The van der Waals surface area contributed by atoms with E-state index in [9.17, 15) is 14.4 Å². The van der Waals surface area contributed by atoms with E-state index in [0.717, 1.165) is 11.1 Å². The summed E-state index contributed by atoms with van der Waals surface area (Å²) in [5, 5.41) is 12.1. The van der Waals surface area contributed by atoms with E-state index in [1.165, 1.54) is 18.2 Å². The highest BCUT2D eigenvalue weighted by Crippen LogP contribution is 2.24. The molecule has 1 heterocycles. The number of carbonyl (C=O) groups is 1. The Balaban J connectivity index is 1.83. The van der Waals surface area contributed by atoms with Crippen molar-refractivity contribution in [2.45, 2.75) is 13.8 Å². The van der Waals surface area contributed by atoms with Gasteiger partial charge in [0.05, 0.1) is 0 Å². The molecule has 0 aliphatic carbocycles. The summed E-state index contributed by atoms with van der Waals surface area (Å²) in [6.07, 6.45) is 1.36. The average Bonchev–Trinajstić information content (AvgIpc) is 3.11. The van der Waals surface area contributed by atoms with Crippen LogP contribution >= 0.6 is 0 Å². The molecule has 0 aliphatic heterocycles. The fraction of sp³-hybridized carbons (Fsp3) is 0.0909. The first-order valence-corrected chi connectivity index (χ1v) is 8.32. The Bertz CT molecular complexity index is 1070. The molecule has 27 heavy (non-hydrogen) atoms. The van der Waals surface area contributed by atoms with Crippen LogP contribution in [0.25, 0.3) is 17.4 Å². The zero-order valence-corrected chi connectivity index (χ0v) is 14.9. The van der Waals surface area contributed by atoms with E-state index in [-0.39, 0.29) is 11.4 Å². The molecule has 134 valence electrons. The minimum atomic E-state index is -0.519. The highest BCUT2D eigenvalue weighted by Gasteiger charge is 2.13. The summed E-state index contributed by atoms with van der Waals surface area (Å²) >= 11 is 0. The standard InChI is InChI=1S/C22H17FN2O2/c1-14-6-7-15(2)20(10-14)25-22(26)17(13-24)12-19-8-9-21(27-19)16-4-3-5-18(23)11-16/h3-12H,1-2H3,(H,25,26). The number of hydrogen-bond acceptors (Lipinski definition) is 3. The topological polar surface area (TPSA) is 66.0 Å². The van der Waals surface area contributed by atoms with Crippen molar-refractivity contribution in [1.29, 1.82) is 5.26 Å². The van der Waals surface area contributed by atoms with E-state index in [1.54, 1.807) is 24.3 Å². The van der Waals surface area contributed by atoms with Crippen molar-refractivity contribution in [3.63, 3.8) is 0 Å². The lowest BCUT2D eigenvalue weighted by molar-refractivity contribution is -0.112. The van der Waals surface area contributed by atoms with E-state index in [1.807, 2.05) is 38.1 Å².